The summed E-state index contributed by atoms with van der Waals surface area (Å²) in [5.74, 6) is 0.189. The van der Waals surface area contributed by atoms with Gasteiger partial charge in [0.05, 0.1) is 16.8 Å². The molecule has 1 N–H and O–H groups in total. The van der Waals surface area contributed by atoms with Crippen molar-refractivity contribution in [2.75, 3.05) is 11.9 Å². The molecule has 3 rings (SSSR count). The quantitative estimate of drug-likeness (QED) is 0.587. The molecule has 7 nitrogen and oxygen atoms in total. The number of rotatable bonds is 7. The Hall–Kier alpha value is -3.61. The number of esters is 1. The number of aromatic nitrogens is 1. The molecule has 0 aliphatic carbocycles. The molecule has 1 aromatic heterocycles. The van der Waals surface area contributed by atoms with Gasteiger partial charge in [-0.1, -0.05) is 17.3 Å². The number of carbonyl (C=O) groups is 2. The zero-order valence-corrected chi connectivity index (χ0v) is 17.4. The highest BCUT2D eigenvalue weighted by Gasteiger charge is 2.13. The first-order valence-electron chi connectivity index (χ1n) is 9.51. The molecule has 0 atom stereocenters. The van der Waals surface area contributed by atoms with E-state index in [2.05, 4.69) is 10.5 Å². The van der Waals surface area contributed by atoms with Crippen LogP contribution in [0.5, 0.6) is 5.75 Å². The molecule has 0 aliphatic heterocycles. The molecule has 0 saturated heterocycles. The Kier molecular flexibility index (Phi) is 6.51. The Morgan fingerprint density at radius 1 is 1.03 bits per heavy atom. The summed E-state index contributed by atoms with van der Waals surface area (Å²) in [5, 5.41) is 6.62. The smallest absolute Gasteiger partial charge is 0.338 e. The van der Waals surface area contributed by atoms with E-state index in [9.17, 15) is 9.59 Å². The Morgan fingerprint density at radius 2 is 1.77 bits per heavy atom. The van der Waals surface area contributed by atoms with Crippen LogP contribution in [0.15, 0.2) is 47.0 Å². The maximum atomic E-state index is 12.3. The first-order valence-corrected chi connectivity index (χ1v) is 9.51. The monoisotopic (exact) mass is 408 g/mol. The lowest BCUT2D eigenvalue weighted by molar-refractivity contribution is -0.119. The predicted molar refractivity (Wildman–Crippen MR) is 112 cm³/mol. The summed E-state index contributed by atoms with van der Waals surface area (Å²) in [5.41, 5.74) is 4.67. The molecule has 0 saturated carbocycles. The highest BCUT2D eigenvalue weighted by Crippen LogP contribution is 2.19. The van der Waals surface area contributed by atoms with E-state index in [0.29, 0.717) is 22.8 Å². The Morgan fingerprint density at radius 3 is 2.43 bits per heavy atom. The molecule has 2 aromatic carbocycles. The number of anilines is 1. The molecule has 0 unspecified atom stereocenters. The van der Waals surface area contributed by atoms with Crippen molar-refractivity contribution in [2.24, 2.45) is 0 Å². The van der Waals surface area contributed by atoms with Gasteiger partial charge in [0, 0.05) is 5.69 Å². The molecule has 1 heterocycles. The number of nitrogens with zero attached hydrogens (tertiary/aromatic N) is 1. The standard InChI is InChI=1S/C23H24N2O5/c1-14-8-15(2)10-19(9-14)24-22(26)13-29-23(27)18-6-5-7-20(11-18)28-12-21-16(3)25-30-17(21)4/h5-11H,12-13H2,1-4H3,(H,24,26). The molecular formula is C23H24N2O5. The minimum atomic E-state index is -0.603. The number of benzene rings is 2. The van der Waals surface area contributed by atoms with Crippen molar-refractivity contribution < 1.29 is 23.6 Å². The van der Waals surface area contributed by atoms with Crippen molar-refractivity contribution in [1.82, 2.24) is 5.16 Å². The fraction of sp³-hybridized carbons (Fsp3) is 0.261. The van der Waals surface area contributed by atoms with Crippen molar-refractivity contribution in [3.05, 3.63) is 76.2 Å². The van der Waals surface area contributed by atoms with E-state index in [1.807, 2.05) is 45.9 Å². The topological polar surface area (TPSA) is 90.7 Å². The fourth-order valence-corrected chi connectivity index (χ4v) is 3.03. The van der Waals surface area contributed by atoms with Crippen LogP contribution < -0.4 is 10.1 Å². The first-order chi connectivity index (χ1) is 14.3. The fourth-order valence-electron chi connectivity index (χ4n) is 3.03. The molecule has 0 bridgehead atoms. The van der Waals surface area contributed by atoms with Crippen LogP contribution in [-0.2, 0) is 16.1 Å². The van der Waals surface area contributed by atoms with Crippen molar-refractivity contribution in [1.29, 1.82) is 0 Å². The van der Waals surface area contributed by atoms with Crippen molar-refractivity contribution >= 4 is 17.6 Å². The zero-order chi connectivity index (χ0) is 21.7. The second-order valence-electron chi connectivity index (χ2n) is 7.12. The molecule has 0 spiro atoms. The number of nitrogens with one attached hydrogen (secondary N) is 1. The number of hydrogen-bond donors (Lipinski definition) is 1. The van der Waals surface area contributed by atoms with E-state index in [0.717, 1.165) is 22.4 Å². The molecule has 3 aromatic rings. The van der Waals surface area contributed by atoms with Gasteiger partial charge in [0.2, 0.25) is 0 Å². The molecule has 30 heavy (non-hydrogen) atoms. The van der Waals surface area contributed by atoms with Gasteiger partial charge in [0.1, 0.15) is 18.1 Å². The molecule has 7 heteroatoms. The van der Waals surface area contributed by atoms with Crippen LogP contribution in [-0.4, -0.2) is 23.6 Å². The van der Waals surface area contributed by atoms with E-state index in [1.54, 1.807) is 24.3 Å². The lowest BCUT2D eigenvalue weighted by atomic mass is 10.1. The molecular weight excluding hydrogens is 384 g/mol. The first kappa shape index (κ1) is 21.1. The van der Waals surface area contributed by atoms with Crippen LogP contribution in [0.1, 0.15) is 38.5 Å². The molecule has 156 valence electrons. The van der Waals surface area contributed by atoms with Gasteiger partial charge in [-0.05, 0) is 69.2 Å². The van der Waals surface area contributed by atoms with Gasteiger partial charge in [0.25, 0.3) is 5.91 Å². The second-order valence-corrected chi connectivity index (χ2v) is 7.12. The van der Waals surface area contributed by atoms with Crippen molar-refractivity contribution in [3.63, 3.8) is 0 Å². The number of ether oxygens (including phenoxy) is 2. The molecule has 0 radical (unpaired) electrons. The summed E-state index contributed by atoms with van der Waals surface area (Å²) in [6, 6.07) is 12.3. The third kappa shape index (κ3) is 5.47. The highest BCUT2D eigenvalue weighted by atomic mass is 16.5. The number of amides is 1. The summed E-state index contributed by atoms with van der Waals surface area (Å²) < 4.78 is 16.0. The van der Waals surface area contributed by atoms with Gasteiger partial charge >= 0.3 is 5.97 Å². The molecule has 1 amide bonds. The zero-order valence-electron chi connectivity index (χ0n) is 17.4. The van der Waals surface area contributed by atoms with Crippen LogP contribution in [0.3, 0.4) is 0 Å². The van der Waals surface area contributed by atoms with Crippen LogP contribution >= 0.6 is 0 Å². The summed E-state index contributed by atoms with van der Waals surface area (Å²) in [4.78, 5) is 24.4. The van der Waals surface area contributed by atoms with Crippen LogP contribution in [0, 0.1) is 27.7 Å². The van der Waals surface area contributed by atoms with Crippen molar-refractivity contribution in [2.45, 2.75) is 34.3 Å². The SMILES string of the molecule is Cc1cc(C)cc(NC(=O)COC(=O)c2cccc(OCc3c(C)noc3C)c2)c1. The van der Waals surface area contributed by atoms with E-state index in [1.165, 1.54) is 0 Å². The number of hydrogen-bond acceptors (Lipinski definition) is 6. The maximum absolute atomic E-state index is 12.3. The third-order valence-corrected chi connectivity index (χ3v) is 4.47. The lowest BCUT2D eigenvalue weighted by Crippen LogP contribution is -2.21. The normalized spacial score (nSPS) is 10.5. The maximum Gasteiger partial charge on any atom is 0.338 e. The lowest BCUT2D eigenvalue weighted by Gasteiger charge is -2.09. The largest absolute Gasteiger partial charge is 0.489 e. The van der Waals surface area contributed by atoms with Gasteiger partial charge in [0.15, 0.2) is 6.61 Å². The minimum absolute atomic E-state index is 0.276. The second kappa shape index (κ2) is 9.26. The summed E-state index contributed by atoms with van der Waals surface area (Å²) in [6.45, 7) is 7.45. The summed E-state index contributed by atoms with van der Waals surface area (Å²) in [7, 11) is 0. The van der Waals surface area contributed by atoms with E-state index >= 15 is 0 Å². The summed E-state index contributed by atoms with van der Waals surface area (Å²) in [6.07, 6.45) is 0. The van der Waals surface area contributed by atoms with Gasteiger partial charge in [-0.15, -0.1) is 0 Å². The highest BCUT2D eigenvalue weighted by molar-refractivity contribution is 5.95. The predicted octanol–water partition coefficient (Wildman–Crippen LogP) is 4.28. The average Bonchev–Trinajstić information content (AvgIpc) is 3.01. The molecule has 0 aliphatic rings. The third-order valence-electron chi connectivity index (χ3n) is 4.47. The number of carbonyl (C=O) groups excluding carboxylic acids is 2. The van der Waals surface area contributed by atoms with E-state index in [-0.39, 0.29) is 13.2 Å². The Balaban J connectivity index is 1.55. The van der Waals surface area contributed by atoms with E-state index in [4.69, 9.17) is 14.0 Å². The number of aryl methyl sites for hydroxylation is 4. The average molecular weight is 408 g/mol. The van der Waals surface area contributed by atoms with Crippen LogP contribution in [0.2, 0.25) is 0 Å². The van der Waals surface area contributed by atoms with Crippen LogP contribution in [0.4, 0.5) is 5.69 Å². The minimum Gasteiger partial charge on any atom is -0.489 e. The van der Waals surface area contributed by atoms with Gasteiger partial charge < -0.3 is 19.3 Å². The van der Waals surface area contributed by atoms with Crippen molar-refractivity contribution in [3.8, 4) is 5.75 Å². The summed E-state index contributed by atoms with van der Waals surface area (Å²) >= 11 is 0. The van der Waals surface area contributed by atoms with Gasteiger partial charge in [-0.3, -0.25) is 4.79 Å². The van der Waals surface area contributed by atoms with Crippen LogP contribution in [0.25, 0.3) is 0 Å². The van der Waals surface area contributed by atoms with Gasteiger partial charge in [-0.2, -0.15) is 0 Å². The van der Waals surface area contributed by atoms with Gasteiger partial charge in [-0.25, -0.2) is 4.79 Å². The Bertz CT molecular complexity index is 1030. The molecule has 0 fully saturated rings. The van der Waals surface area contributed by atoms with E-state index < -0.39 is 11.9 Å². The Labute approximate surface area is 175 Å².